The number of nitrogens with one attached hydrogen (secondary N) is 3. The van der Waals surface area contributed by atoms with Gasteiger partial charge in [0.05, 0.1) is 11.4 Å². The fourth-order valence-electron chi connectivity index (χ4n) is 3.12. The summed E-state index contributed by atoms with van der Waals surface area (Å²) in [5.41, 5.74) is 4.10. The zero-order valence-electron chi connectivity index (χ0n) is 18.8. The summed E-state index contributed by atoms with van der Waals surface area (Å²) >= 11 is 8.23. The Balaban J connectivity index is 1.27. The summed E-state index contributed by atoms with van der Waals surface area (Å²) in [6.07, 6.45) is 0. The van der Waals surface area contributed by atoms with Gasteiger partial charge in [-0.3, -0.25) is 9.59 Å². The Bertz CT molecular complexity index is 1340. The van der Waals surface area contributed by atoms with E-state index in [2.05, 4.69) is 20.9 Å². The number of anilines is 3. The third-order valence-electron chi connectivity index (χ3n) is 4.83. The molecule has 3 aromatic carbocycles. The first kappa shape index (κ1) is 24.6. The van der Waals surface area contributed by atoms with Crippen LogP contribution in [0.4, 0.5) is 16.5 Å². The van der Waals surface area contributed by atoms with Crippen LogP contribution in [-0.2, 0) is 4.79 Å². The van der Waals surface area contributed by atoms with Crippen LogP contribution in [0.5, 0.6) is 0 Å². The molecule has 0 unspecified atom stereocenters. The highest BCUT2D eigenvalue weighted by atomic mass is 32.2. The van der Waals surface area contributed by atoms with Crippen molar-refractivity contribution in [2.75, 3.05) is 21.7 Å². The van der Waals surface area contributed by atoms with Crippen LogP contribution in [0, 0.1) is 0 Å². The first-order valence-corrected chi connectivity index (χ1v) is 13.0. The zero-order valence-corrected chi connectivity index (χ0v) is 21.2. The number of nitrogens with zero attached hydrogens (tertiary/aromatic N) is 1. The molecular weight excluding hydrogens is 497 g/mol. The number of benzene rings is 3. The van der Waals surface area contributed by atoms with Crippen LogP contribution in [0.2, 0.25) is 0 Å². The first-order valence-electron chi connectivity index (χ1n) is 10.7. The topological polar surface area (TPSA) is 83.1 Å². The van der Waals surface area contributed by atoms with Crippen LogP contribution in [0.15, 0.2) is 89.1 Å². The number of aromatic nitrogens is 1. The number of amides is 1. The van der Waals surface area contributed by atoms with E-state index in [9.17, 15) is 9.59 Å². The van der Waals surface area contributed by atoms with Gasteiger partial charge in [-0.15, -0.1) is 23.1 Å². The maximum Gasteiger partial charge on any atom is 0.236 e. The molecule has 0 bridgehead atoms. The lowest BCUT2D eigenvalue weighted by Crippen LogP contribution is -2.19. The van der Waals surface area contributed by atoms with Crippen molar-refractivity contribution in [1.29, 1.82) is 0 Å². The van der Waals surface area contributed by atoms with Crippen LogP contribution < -0.4 is 16.0 Å². The number of hydrogen-bond acceptors (Lipinski definition) is 6. The Hall–Kier alpha value is -3.53. The lowest BCUT2D eigenvalue weighted by Gasteiger charge is -2.12. The van der Waals surface area contributed by atoms with E-state index in [1.165, 1.54) is 30.0 Å². The van der Waals surface area contributed by atoms with Crippen LogP contribution in [-0.4, -0.2) is 27.5 Å². The van der Waals surface area contributed by atoms with E-state index in [0.717, 1.165) is 27.5 Å². The fraction of sp³-hybridized carbons (Fsp3) is 0.0769. The average molecular weight is 519 g/mol. The summed E-state index contributed by atoms with van der Waals surface area (Å²) < 4.78 is 0. The van der Waals surface area contributed by atoms with Gasteiger partial charge in [0, 0.05) is 32.8 Å². The molecular formula is C26H22N4O2S3. The third-order valence-corrected chi connectivity index (χ3v) is 6.79. The Morgan fingerprint density at radius 3 is 2.40 bits per heavy atom. The van der Waals surface area contributed by atoms with Gasteiger partial charge in [0.1, 0.15) is 0 Å². The van der Waals surface area contributed by atoms with Gasteiger partial charge in [-0.2, -0.15) is 0 Å². The molecule has 9 heteroatoms. The molecule has 1 amide bonds. The summed E-state index contributed by atoms with van der Waals surface area (Å²) in [4.78, 5) is 29.3. The van der Waals surface area contributed by atoms with Gasteiger partial charge in [0.2, 0.25) is 5.91 Å². The van der Waals surface area contributed by atoms with Gasteiger partial charge in [0.15, 0.2) is 16.0 Å². The van der Waals surface area contributed by atoms with E-state index in [0.29, 0.717) is 15.8 Å². The van der Waals surface area contributed by atoms with Gasteiger partial charge in [0.25, 0.3) is 0 Å². The Morgan fingerprint density at radius 1 is 0.914 bits per heavy atom. The molecule has 4 aromatic rings. The summed E-state index contributed by atoms with van der Waals surface area (Å²) in [7, 11) is 0. The summed E-state index contributed by atoms with van der Waals surface area (Å²) in [6.45, 7) is 1.53. The smallest absolute Gasteiger partial charge is 0.236 e. The first-order chi connectivity index (χ1) is 17.0. The number of carbonyl (C=O) groups excluding carboxylic acids is 2. The van der Waals surface area contributed by atoms with E-state index in [4.69, 9.17) is 12.2 Å². The predicted octanol–water partition coefficient (Wildman–Crippen LogP) is 6.55. The Labute approximate surface area is 217 Å². The lowest BCUT2D eigenvalue weighted by atomic mass is 10.1. The minimum Gasteiger partial charge on any atom is -0.332 e. The summed E-state index contributed by atoms with van der Waals surface area (Å²) in [5, 5.41) is 12.1. The van der Waals surface area contributed by atoms with Crippen molar-refractivity contribution in [3.05, 3.63) is 89.8 Å². The molecule has 0 aliphatic heterocycles. The van der Waals surface area contributed by atoms with Crippen LogP contribution >= 0.6 is 35.3 Å². The number of Topliss-reactive ketones (excluding diaryl/α,β-unsaturated/α-hetero) is 1. The minimum absolute atomic E-state index is 0.0174. The predicted molar refractivity (Wildman–Crippen MR) is 150 cm³/mol. The largest absolute Gasteiger partial charge is 0.332 e. The second-order valence-corrected chi connectivity index (χ2v) is 9.80. The molecule has 1 aromatic heterocycles. The maximum atomic E-state index is 12.4. The molecule has 35 heavy (non-hydrogen) atoms. The van der Waals surface area contributed by atoms with E-state index in [1.54, 1.807) is 24.3 Å². The molecule has 0 fully saturated rings. The minimum atomic E-state index is -0.117. The standard InChI is InChI=1S/C26H22N4O2S3/c1-17(31)18-10-12-20(13-11-18)27-25(33)28-21-8-5-9-22(14-21)34-16-24(32)30-26-29-23(15-35-26)19-6-3-2-4-7-19/h2-15H,16H2,1H3,(H2,27,28,33)(H,29,30,32). The molecule has 6 nitrogen and oxygen atoms in total. The number of hydrogen-bond donors (Lipinski definition) is 3. The van der Waals surface area contributed by atoms with Crippen molar-refractivity contribution in [3.8, 4) is 11.3 Å². The van der Waals surface area contributed by atoms with E-state index in [1.807, 2.05) is 60.0 Å². The highest BCUT2D eigenvalue weighted by molar-refractivity contribution is 8.00. The molecule has 1 heterocycles. The summed E-state index contributed by atoms with van der Waals surface area (Å²) in [6, 6.07) is 24.7. The van der Waals surface area contributed by atoms with Gasteiger partial charge in [-0.25, -0.2) is 4.98 Å². The van der Waals surface area contributed by atoms with Crippen LogP contribution in [0.25, 0.3) is 11.3 Å². The number of carbonyl (C=O) groups is 2. The summed E-state index contributed by atoms with van der Waals surface area (Å²) in [5.74, 6) is 0.159. The molecule has 0 spiro atoms. The molecule has 0 aliphatic carbocycles. The molecule has 176 valence electrons. The average Bonchev–Trinajstić information content (AvgIpc) is 3.32. The van der Waals surface area contributed by atoms with Crippen molar-refractivity contribution in [3.63, 3.8) is 0 Å². The lowest BCUT2D eigenvalue weighted by molar-refractivity contribution is -0.113. The van der Waals surface area contributed by atoms with Crippen molar-refractivity contribution >= 4 is 68.6 Å². The van der Waals surface area contributed by atoms with Crippen molar-refractivity contribution < 1.29 is 9.59 Å². The maximum absolute atomic E-state index is 12.4. The molecule has 0 atom stereocenters. The van der Waals surface area contributed by atoms with Gasteiger partial charge >= 0.3 is 0 Å². The quantitative estimate of drug-likeness (QED) is 0.139. The molecule has 4 rings (SSSR count). The second kappa shape index (κ2) is 11.7. The number of ketones is 1. The highest BCUT2D eigenvalue weighted by Crippen LogP contribution is 2.26. The van der Waals surface area contributed by atoms with E-state index >= 15 is 0 Å². The Kier molecular flexibility index (Phi) is 8.25. The number of rotatable bonds is 8. The van der Waals surface area contributed by atoms with Gasteiger partial charge < -0.3 is 16.0 Å². The monoisotopic (exact) mass is 518 g/mol. The normalized spacial score (nSPS) is 10.4. The molecule has 0 saturated heterocycles. The molecule has 0 radical (unpaired) electrons. The molecule has 0 saturated carbocycles. The van der Waals surface area contributed by atoms with Crippen molar-refractivity contribution in [1.82, 2.24) is 4.98 Å². The fourth-order valence-corrected chi connectivity index (χ4v) is 4.85. The van der Waals surface area contributed by atoms with Crippen LogP contribution in [0.3, 0.4) is 0 Å². The molecule has 3 N–H and O–H groups in total. The van der Waals surface area contributed by atoms with E-state index in [-0.39, 0.29) is 17.4 Å². The molecule has 0 aliphatic rings. The highest BCUT2D eigenvalue weighted by Gasteiger charge is 2.09. The van der Waals surface area contributed by atoms with Gasteiger partial charge in [-0.05, 0) is 61.6 Å². The SMILES string of the molecule is CC(=O)c1ccc(NC(=S)Nc2cccc(SCC(=O)Nc3nc(-c4ccccc4)cs3)c2)cc1. The third kappa shape index (κ3) is 7.22. The van der Waals surface area contributed by atoms with Crippen molar-refractivity contribution in [2.24, 2.45) is 0 Å². The second-order valence-electron chi connectivity index (χ2n) is 7.48. The van der Waals surface area contributed by atoms with E-state index < -0.39 is 0 Å². The Morgan fingerprint density at radius 2 is 1.66 bits per heavy atom. The number of thiocarbonyl (C=S) groups is 1. The van der Waals surface area contributed by atoms with Crippen LogP contribution in [0.1, 0.15) is 17.3 Å². The van der Waals surface area contributed by atoms with Gasteiger partial charge in [-0.1, -0.05) is 36.4 Å². The number of thioether (sulfide) groups is 1. The number of thiazole rings is 1. The van der Waals surface area contributed by atoms with Crippen molar-refractivity contribution in [2.45, 2.75) is 11.8 Å². The zero-order chi connectivity index (χ0) is 24.6.